The number of hydrogen-bond donors (Lipinski definition) is 1. The SMILES string of the molecule is COC(C(=O)Nc1ccnn1C1CCN(C(=O)c2cc(C(C)C)no2)CC1)c1ccccc1. The number of carbonyl (C=O) groups is 2. The minimum absolute atomic E-state index is 0.0676. The number of anilines is 1. The number of piperidine rings is 1. The minimum Gasteiger partial charge on any atom is -0.367 e. The molecule has 9 nitrogen and oxygen atoms in total. The van der Waals surface area contributed by atoms with Crippen LogP contribution in [0, 0.1) is 0 Å². The van der Waals surface area contributed by atoms with Crippen molar-refractivity contribution in [1.82, 2.24) is 19.8 Å². The van der Waals surface area contributed by atoms with Gasteiger partial charge in [0.05, 0.1) is 17.9 Å². The summed E-state index contributed by atoms with van der Waals surface area (Å²) in [6.07, 6.45) is 2.38. The van der Waals surface area contributed by atoms with E-state index in [0.717, 1.165) is 11.3 Å². The highest BCUT2D eigenvalue weighted by atomic mass is 16.5. The lowest BCUT2D eigenvalue weighted by Gasteiger charge is -2.32. The van der Waals surface area contributed by atoms with Gasteiger partial charge in [0.25, 0.3) is 11.8 Å². The van der Waals surface area contributed by atoms with Gasteiger partial charge in [-0.1, -0.05) is 49.3 Å². The van der Waals surface area contributed by atoms with Gasteiger partial charge in [0.1, 0.15) is 5.82 Å². The van der Waals surface area contributed by atoms with Crippen LogP contribution in [0.1, 0.15) is 66.6 Å². The van der Waals surface area contributed by atoms with Crippen LogP contribution < -0.4 is 5.32 Å². The van der Waals surface area contributed by atoms with Crippen LogP contribution in [0.25, 0.3) is 0 Å². The third-order valence-corrected chi connectivity index (χ3v) is 5.93. The predicted octanol–water partition coefficient (Wildman–Crippen LogP) is 3.80. The number of likely N-dealkylation sites (tertiary alicyclic amines) is 1. The van der Waals surface area contributed by atoms with E-state index >= 15 is 0 Å². The van der Waals surface area contributed by atoms with E-state index in [9.17, 15) is 9.59 Å². The van der Waals surface area contributed by atoms with E-state index in [1.165, 1.54) is 7.11 Å². The van der Waals surface area contributed by atoms with Gasteiger partial charge in [0, 0.05) is 32.3 Å². The van der Waals surface area contributed by atoms with Crippen molar-refractivity contribution in [2.24, 2.45) is 0 Å². The molecule has 2 aromatic heterocycles. The second-order valence-electron chi connectivity index (χ2n) is 8.47. The average Bonchev–Trinajstić information content (AvgIpc) is 3.50. The standard InChI is InChI=1S/C24H29N5O4/c1-16(2)19-15-20(33-27-19)24(31)28-13-10-18(11-14-28)29-21(9-12-25-29)26-23(30)22(32-3)17-7-5-4-6-8-17/h4-9,12,15-16,18,22H,10-11,13-14H2,1-3H3,(H,26,30). The molecule has 0 aliphatic carbocycles. The molecule has 174 valence electrons. The number of hydrogen-bond acceptors (Lipinski definition) is 6. The van der Waals surface area contributed by atoms with Gasteiger partial charge in [-0.25, -0.2) is 4.68 Å². The fraction of sp³-hybridized carbons (Fsp3) is 0.417. The van der Waals surface area contributed by atoms with Crippen molar-refractivity contribution in [1.29, 1.82) is 0 Å². The number of ether oxygens (including phenoxy) is 1. The fourth-order valence-electron chi connectivity index (χ4n) is 4.05. The largest absolute Gasteiger partial charge is 0.367 e. The molecular formula is C24H29N5O4. The van der Waals surface area contributed by atoms with Crippen molar-refractivity contribution < 1.29 is 18.8 Å². The van der Waals surface area contributed by atoms with E-state index in [0.29, 0.717) is 31.7 Å². The number of benzene rings is 1. The first-order valence-corrected chi connectivity index (χ1v) is 11.2. The van der Waals surface area contributed by atoms with Gasteiger partial charge in [-0.3, -0.25) is 9.59 Å². The van der Waals surface area contributed by atoms with Gasteiger partial charge in [0.15, 0.2) is 6.10 Å². The molecule has 0 radical (unpaired) electrons. The molecule has 1 aliphatic heterocycles. The molecule has 1 N–H and O–H groups in total. The summed E-state index contributed by atoms with van der Waals surface area (Å²) in [6.45, 7) is 5.15. The molecule has 1 fully saturated rings. The summed E-state index contributed by atoms with van der Waals surface area (Å²) in [5, 5.41) is 11.4. The molecule has 4 rings (SSSR count). The van der Waals surface area contributed by atoms with Crippen molar-refractivity contribution in [2.75, 3.05) is 25.5 Å². The van der Waals surface area contributed by atoms with Crippen molar-refractivity contribution in [3.05, 3.63) is 65.7 Å². The van der Waals surface area contributed by atoms with E-state index in [2.05, 4.69) is 15.6 Å². The molecule has 1 atom stereocenters. The lowest BCUT2D eigenvalue weighted by atomic mass is 10.0. The topological polar surface area (TPSA) is 102 Å². The van der Waals surface area contributed by atoms with Crippen LogP contribution in [0.2, 0.25) is 0 Å². The third-order valence-electron chi connectivity index (χ3n) is 5.93. The summed E-state index contributed by atoms with van der Waals surface area (Å²) in [4.78, 5) is 27.4. The zero-order chi connectivity index (χ0) is 23.4. The van der Waals surface area contributed by atoms with Crippen LogP contribution in [0.15, 0.2) is 53.2 Å². The zero-order valence-corrected chi connectivity index (χ0v) is 19.1. The van der Waals surface area contributed by atoms with Gasteiger partial charge in [-0.2, -0.15) is 5.10 Å². The van der Waals surface area contributed by atoms with Crippen LogP contribution >= 0.6 is 0 Å². The summed E-state index contributed by atoms with van der Waals surface area (Å²) >= 11 is 0. The van der Waals surface area contributed by atoms with E-state index in [-0.39, 0.29) is 29.5 Å². The Morgan fingerprint density at radius 2 is 1.88 bits per heavy atom. The van der Waals surface area contributed by atoms with Crippen molar-refractivity contribution in [3.63, 3.8) is 0 Å². The van der Waals surface area contributed by atoms with Gasteiger partial charge >= 0.3 is 0 Å². The Labute approximate surface area is 192 Å². The van der Waals surface area contributed by atoms with Crippen molar-refractivity contribution >= 4 is 17.6 Å². The normalized spacial score (nSPS) is 15.6. The van der Waals surface area contributed by atoms with Crippen molar-refractivity contribution in [3.8, 4) is 0 Å². The number of methoxy groups -OCH3 is 1. The Morgan fingerprint density at radius 1 is 1.15 bits per heavy atom. The number of nitrogens with zero attached hydrogens (tertiary/aromatic N) is 4. The van der Waals surface area contributed by atoms with Crippen molar-refractivity contribution in [2.45, 2.75) is 44.8 Å². The lowest BCUT2D eigenvalue weighted by molar-refractivity contribution is -0.126. The van der Waals surface area contributed by atoms with E-state index < -0.39 is 6.10 Å². The van der Waals surface area contributed by atoms with Gasteiger partial charge in [-0.05, 0) is 24.3 Å². The molecule has 33 heavy (non-hydrogen) atoms. The molecule has 1 aliphatic rings. The van der Waals surface area contributed by atoms with Gasteiger partial charge < -0.3 is 19.5 Å². The summed E-state index contributed by atoms with van der Waals surface area (Å²) in [6, 6.07) is 12.9. The van der Waals surface area contributed by atoms with Gasteiger partial charge in [-0.15, -0.1) is 0 Å². The first-order valence-electron chi connectivity index (χ1n) is 11.2. The highest BCUT2D eigenvalue weighted by Crippen LogP contribution is 2.27. The highest BCUT2D eigenvalue weighted by molar-refractivity contribution is 5.94. The van der Waals surface area contributed by atoms with Crippen LogP contribution in [0.5, 0.6) is 0 Å². The monoisotopic (exact) mass is 451 g/mol. The molecule has 1 aromatic carbocycles. The molecule has 0 bridgehead atoms. The predicted molar refractivity (Wildman–Crippen MR) is 122 cm³/mol. The number of carbonyl (C=O) groups excluding carboxylic acids is 2. The Hall–Kier alpha value is -3.46. The number of rotatable bonds is 7. The summed E-state index contributed by atoms with van der Waals surface area (Å²) in [5.41, 5.74) is 1.55. The van der Waals surface area contributed by atoms with Crippen LogP contribution in [0.3, 0.4) is 0 Å². The number of aromatic nitrogens is 3. The maximum atomic E-state index is 12.9. The second kappa shape index (κ2) is 9.99. The maximum Gasteiger partial charge on any atom is 0.292 e. The van der Waals surface area contributed by atoms with E-state index in [4.69, 9.17) is 9.26 Å². The minimum atomic E-state index is -0.716. The fourth-order valence-corrected chi connectivity index (χ4v) is 4.05. The first kappa shape index (κ1) is 22.7. The zero-order valence-electron chi connectivity index (χ0n) is 19.1. The lowest BCUT2D eigenvalue weighted by Crippen LogP contribution is -2.39. The first-order chi connectivity index (χ1) is 16.0. The Morgan fingerprint density at radius 3 is 2.52 bits per heavy atom. The van der Waals surface area contributed by atoms with E-state index in [1.54, 1.807) is 23.2 Å². The summed E-state index contributed by atoms with van der Waals surface area (Å²) in [5.74, 6) is 0.682. The van der Waals surface area contributed by atoms with Crippen LogP contribution in [0.4, 0.5) is 5.82 Å². The maximum absolute atomic E-state index is 12.9. The third kappa shape index (κ3) is 4.98. The molecule has 0 spiro atoms. The second-order valence-corrected chi connectivity index (χ2v) is 8.47. The molecule has 2 amide bonds. The van der Waals surface area contributed by atoms with Crippen LogP contribution in [-0.4, -0.2) is 51.9 Å². The average molecular weight is 452 g/mol. The molecule has 1 saturated heterocycles. The quantitative estimate of drug-likeness (QED) is 0.586. The molecule has 1 unspecified atom stereocenters. The molecule has 3 aromatic rings. The Kier molecular flexibility index (Phi) is 6.88. The summed E-state index contributed by atoms with van der Waals surface area (Å²) < 4.78 is 12.5. The molecular weight excluding hydrogens is 422 g/mol. The smallest absolute Gasteiger partial charge is 0.292 e. The number of nitrogens with one attached hydrogen (secondary N) is 1. The Bertz CT molecular complexity index is 1080. The molecule has 3 heterocycles. The van der Waals surface area contributed by atoms with E-state index in [1.807, 2.05) is 48.9 Å². The summed E-state index contributed by atoms with van der Waals surface area (Å²) in [7, 11) is 1.51. The van der Waals surface area contributed by atoms with Gasteiger partial charge in [0.2, 0.25) is 5.76 Å². The number of amides is 2. The highest BCUT2D eigenvalue weighted by Gasteiger charge is 2.29. The van der Waals surface area contributed by atoms with Crippen LogP contribution in [-0.2, 0) is 9.53 Å². The molecule has 9 heteroatoms. The molecule has 0 saturated carbocycles. The Balaban J connectivity index is 1.38.